The average Bonchev–Trinajstić information content (AvgIpc) is 2.96. The van der Waals surface area contributed by atoms with Crippen LogP contribution in [0.4, 0.5) is 52.7 Å². The molecule has 22 heteroatoms. The zero-order valence-electron chi connectivity index (χ0n) is 45.9. The zero-order valence-corrected chi connectivity index (χ0v) is 45.9. The predicted octanol–water partition coefficient (Wildman–Crippen LogP) is 13.8. The van der Waals surface area contributed by atoms with E-state index in [1.54, 1.807) is 0 Å². The molecule has 0 spiro atoms. The molecule has 9 rings (SSSR count). The highest BCUT2D eigenvalue weighted by atomic mass is 19.4. The molecule has 8 atom stereocenters. The lowest BCUT2D eigenvalue weighted by Crippen LogP contribution is -2.41. The van der Waals surface area contributed by atoms with Crippen LogP contribution in [0, 0.1) is 0 Å². The van der Waals surface area contributed by atoms with Gasteiger partial charge in [0.25, 0.3) is 0 Å². The van der Waals surface area contributed by atoms with Gasteiger partial charge in [-0.1, -0.05) is 121 Å². The van der Waals surface area contributed by atoms with Crippen molar-refractivity contribution in [1.82, 2.24) is 21.3 Å². The Hall–Kier alpha value is -7.27. The molecule has 4 N–H and O–H groups in total. The molecular formula is C62H62F12N4O6. The van der Waals surface area contributed by atoms with Crippen LogP contribution in [0.2, 0.25) is 0 Å². The van der Waals surface area contributed by atoms with Gasteiger partial charge in [-0.05, 0) is 96.5 Å². The van der Waals surface area contributed by atoms with Gasteiger partial charge in [0.15, 0.2) is 0 Å². The number of hydrogen-bond donors (Lipinski definition) is 4. The Morgan fingerprint density at radius 3 is 1.17 bits per heavy atom. The fourth-order valence-corrected chi connectivity index (χ4v) is 10.5. The molecule has 3 heterocycles. The van der Waals surface area contributed by atoms with Gasteiger partial charge in [0.1, 0.15) is 6.10 Å². The number of carbonyl (C=O) groups is 3. The van der Waals surface area contributed by atoms with Crippen molar-refractivity contribution in [3.8, 4) is 0 Å². The minimum absolute atomic E-state index is 0.0220. The highest BCUT2D eigenvalue weighted by Crippen LogP contribution is 2.43. The van der Waals surface area contributed by atoms with Gasteiger partial charge in [-0.15, -0.1) is 0 Å². The van der Waals surface area contributed by atoms with Gasteiger partial charge in [0, 0.05) is 45.4 Å². The zero-order chi connectivity index (χ0) is 61.3. The van der Waals surface area contributed by atoms with Crippen LogP contribution in [0.3, 0.4) is 0 Å². The molecule has 3 aliphatic heterocycles. The Bertz CT molecular complexity index is 2930. The molecule has 3 aliphatic rings. The summed E-state index contributed by atoms with van der Waals surface area (Å²) in [5.41, 5.74) is -3.73. The molecule has 10 nitrogen and oxygen atoms in total. The smallest absolute Gasteiger partial charge is 0.416 e. The normalized spacial score (nSPS) is 22.4. The number of alkyl halides is 12. The molecular weight excluding hydrogens is 1120 g/mol. The van der Waals surface area contributed by atoms with E-state index in [-0.39, 0.29) is 78.4 Å². The number of halogens is 12. The monoisotopic (exact) mass is 1190 g/mol. The summed E-state index contributed by atoms with van der Waals surface area (Å²) in [6, 6.07) is 40.6. The summed E-state index contributed by atoms with van der Waals surface area (Å²) in [7, 11) is 0. The van der Waals surface area contributed by atoms with Crippen LogP contribution in [-0.2, 0) is 64.4 Å². The predicted molar refractivity (Wildman–Crippen MR) is 287 cm³/mol. The molecule has 84 heavy (non-hydrogen) atoms. The van der Waals surface area contributed by atoms with Gasteiger partial charge in [0.2, 0.25) is 11.8 Å². The highest BCUT2D eigenvalue weighted by molar-refractivity contribution is 5.80. The second-order valence-electron chi connectivity index (χ2n) is 21.0. The summed E-state index contributed by atoms with van der Waals surface area (Å²) in [6.07, 6.45) is -20.3. The summed E-state index contributed by atoms with van der Waals surface area (Å²) in [5, 5.41) is 12.3. The number of nitrogens with one attached hydrogen (secondary N) is 4. The second kappa shape index (κ2) is 26.8. The van der Waals surface area contributed by atoms with Crippen molar-refractivity contribution < 1.29 is 81.3 Å². The molecule has 0 saturated carbocycles. The minimum Gasteiger partial charge on any atom is -0.457 e. The topological polar surface area (TPSA) is 127 Å². The number of ether oxygens (including phenoxy) is 3. The van der Waals surface area contributed by atoms with Gasteiger partial charge in [-0.25, -0.2) is 0 Å². The summed E-state index contributed by atoms with van der Waals surface area (Å²) in [5.74, 6) is -0.654. The molecule has 3 fully saturated rings. The lowest BCUT2D eigenvalue weighted by Gasteiger charge is -2.32. The van der Waals surface area contributed by atoms with E-state index in [0.717, 1.165) is 28.7 Å². The summed E-state index contributed by atoms with van der Waals surface area (Å²) >= 11 is 0. The largest absolute Gasteiger partial charge is 0.457 e. The number of amides is 2. The third-order valence-corrected chi connectivity index (χ3v) is 14.7. The first kappa shape index (κ1) is 64.3. The number of esters is 1. The van der Waals surface area contributed by atoms with Crippen molar-refractivity contribution >= 4 is 17.8 Å². The molecule has 6 aromatic carbocycles. The van der Waals surface area contributed by atoms with Crippen molar-refractivity contribution in [2.24, 2.45) is 0 Å². The van der Waals surface area contributed by atoms with Crippen molar-refractivity contribution in [3.05, 3.63) is 213 Å². The Morgan fingerprint density at radius 2 is 0.845 bits per heavy atom. The van der Waals surface area contributed by atoms with E-state index in [1.807, 2.05) is 121 Å². The van der Waals surface area contributed by atoms with Gasteiger partial charge in [0.05, 0.1) is 64.7 Å². The van der Waals surface area contributed by atoms with Gasteiger partial charge in [-0.3, -0.25) is 14.4 Å². The van der Waals surface area contributed by atoms with Crippen molar-refractivity contribution in [2.45, 2.75) is 119 Å². The van der Waals surface area contributed by atoms with Crippen LogP contribution < -0.4 is 21.3 Å². The maximum absolute atomic E-state index is 13.2. The quantitative estimate of drug-likeness (QED) is 0.0627. The number of carbonyl (C=O) groups excluding carboxylic acids is 3. The Labute approximate surface area is 477 Å². The Kier molecular flexibility index (Phi) is 20.5. The molecule has 6 aromatic rings. The standard InChI is InChI=1S/2C23H24F6N2O2.C16H14O2/c2*1-14(16-8-18(22(24,25)26)10-19(9-16)23(27,28)29)33-13-21(17-6-4-3-5-7-17)11-20(12-30-21)31-15(2)32;17-16-14(12-7-3-1-4-8-12)11-15(18-16)13-9-5-2-6-10-13/h2*3-10,14,20,30H,11-13H2,1-2H3,(H,31,32);1-10,14-15H,11H2/t14-,20+,21-;14-,20-,21-;14-,15-/m110/s1. The molecule has 0 unspecified atom stereocenters. The van der Waals surface area contributed by atoms with E-state index >= 15 is 0 Å². The third kappa shape index (κ3) is 17.0. The Morgan fingerprint density at radius 1 is 0.524 bits per heavy atom. The molecule has 2 amide bonds. The van der Waals surface area contributed by atoms with Crippen LogP contribution in [-0.4, -0.2) is 56.2 Å². The maximum Gasteiger partial charge on any atom is 0.416 e. The van der Waals surface area contributed by atoms with Crippen LogP contribution in [0.15, 0.2) is 158 Å². The van der Waals surface area contributed by atoms with E-state index in [4.69, 9.17) is 14.2 Å². The first-order valence-corrected chi connectivity index (χ1v) is 26.7. The van der Waals surface area contributed by atoms with E-state index in [2.05, 4.69) is 21.3 Å². The minimum atomic E-state index is -4.93. The SMILES string of the molecule is CC(=O)N[C@@H]1CN[C@](CO[C@H](C)c2cc(C(F)(F)F)cc(C(F)(F)F)c2)(c2ccccc2)C1.CC(=O)N[C@H]1CN[C@](CO[C@H](C)c2cc(C(F)(F)F)cc(C(F)(F)F)c2)(c2ccccc2)C1.O=C1O[C@H](c2ccccc2)C[C@H]1c1ccccc1. The molecule has 450 valence electrons. The number of benzene rings is 6. The Balaban J connectivity index is 0.000000189. The summed E-state index contributed by atoms with van der Waals surface area (Å²) in [6.45, 7) is 6.45. The second-order valence-corrected chi connectivity index (χ2v) is 21.0. The lowest BCUT2D eigenvalue weighted by molar-refractivity contribution is -0.144. The highest BCUT2D eigenvalue weighted by Gasteiger charge is 2.45. The first-order chi connectivity index (χ1) is 39.4. The number of rotatable bonds is 14. The van der Waals surface area contributed by atoms with E-state index in [0.29, 0.717) is 50.2 Å². The van der Waals surface area contributed by atoms with E-state index in [9.17, 15) is 67.1 Å². The molecule has 3 saturated heterocycles. The van der Waals surface area contributed by atoms with Crippen LogP contribution in [0.1, 0.15) is 127 Å². The number of cyclic esters (lactones) is 1. The van der Waals surface area contributed by atoms with Gasteiger partial charge >= 0.3 is 30.7 Å². The van der Waals surface area contributed by atoms with Crippen molar-refractivity contribution in [3.63, 3.8) is 0 Å². The number of hydrogen-bond acceptors (Lipinski definition) is 8. The summed E-state index contributed by atoms with van der Waals surface area (Å²) in [4.78, 5) is 34.9. The van der Waals surface area contributed by atoms with Crippen molar-refractivity contribution in [1.29, 1.82) is 0 Å². The van der Waals surface area contributed by atoms with Gasteiger partial charge in [-0.2, -0.15) is 52.7 Å². The molecule has 0 aromatic heterocycles. The van der Waals surface area contributed by atoms with E-state index in [1.165, 1.54) is 27.7 Å². The molecule has 0 radical (unpaired) electrons. The molecule has 0 aliphatic carbocycles. The summed E-state index contributed by atoms with van der Waals surface area (Å²) < 4.78 is 176. The lowest BCUT2D eigenvalue weighted by atomic mass is 9.88. The van der Waals surface area contributed by atoms with Crippen LogP contribution in [0.5, 0.6) is 0 Å². The third-order valence-electron chi connectivity index (χ3n) is 14.7. The molecule has 0 bridgehead atoms. The fraction of sp³-hybridized carbons (Fsp3) is 0.371. The van der Waals surface area contributed by atoms with Crippen LogP contribution >= 0.6 is 0 Å². The van der Waals surface area contributed by atoms with Crippen LogP contribution in [0.25, 0.3) is 0 Å². The maximum atomic E-state index is 13.2. The van der Waals surface area contributed by atoms with E-state index < -0.39 is 70.2 Å². The van der Waals surface area contributed by atoms with Crippen molar-refractivity contribution in [2.75, 3.05) is 26.3 Å². The first-order valence-electron chi connectivity index (χ1n) is 26.7. The van der Waals surface area contributed by atoms with Gasteiger partial charge < -0.3 is 35.5 Å². The average molecular weight is 1190 g/mol. The fourth-order valence-electron chi connectivity index (χ4n) is 10.5.